The minimum absolute atomic E-state index is 0.110. The van der Waals surface area contributed by atoms with Gasteiger partial charge in [-0.05, 0) is 55.9 Å². The molecule has 1 aromatic heterocycles. The third kappa shape index (κ3) is 5.46. The van der Waals surface area contributed by atoms with Crippen molar-refractivity contribution in [3.8, 4) is 5.75 Å². The predicted octanol–water partition coefficient (Wildman–Crippen LogP) is 2.87. The molecule has 0 aliphatic rings. The Kier molecular flexibility index (Phi) is 6.45. The van der Waals surface area contributed by atoms with Gasteiger partial charge in [0, 0.05) is 23.6 Å². The third-order valence-electron chi connectivity index (χ3n) is 4.60. The zero-order valence-electron chi connectivity index (χ0n) is 16.2. The van der Waals surface area contributed by atoms with Crippen LogP contribution in [0.2, 0.25) is 0 Å². The summed E-state index contributed by atoms with van der Waals surface area (Å²) in [6, 6.07) is 13.9. The molecular formula is C19H24N3O5PS. The molecule has 0 radical (unpaired) electrons. The molecule has 1 atom stereocenters. The van der Waals surface area contributed by atoms with Crippen LogP contribution in [-0.2, 0) is 26.8 Å². The third-order valence-corrected chi connectivity index (χ3v) is 7.45. The number of nitrogens with zero attached hydrogens (tertiary/aromatic N) is 1. The van der Waals surface area contributed by atoms with Gasteiger partial charge >= 0.3 is 7.75 Å². The van der Waals surface area contributed by atoms with Crippen molar-refractivity contribution in [2.75, 3.05) is 20.6 Å². The number of likely N-dealkylation sites (N-methyl/N-ethyl adjacent to an activating group) is 1. The molecule has 1 unspecified atom stereocenters. The zero-order valence-corrected chi connectivity index (χ0v) is 17.9. The maximum Gasteiger partial charge on any atom is 0.458 e. The Morgan fingerprint density at radius 1 is 1.21 bits per heavy atom. The number of sulfonamides is 1. The van der Waals surface area contributed by atoms with E-state index in [1.54, 1.807) is 36.4 Å². The summed E-state index contributed by atoms with van der Waals surface area (Å²) in [7, 11) is -4.44. The van der Waals surface area contributed by atoms with Crippen molar-refractivity contribution in [1.82, 2.24) is 14.4 Å². The van der Waals surface area contributed by atoms with E-state index in [1.807, 2.05) is 18.3 Å². The van der Waals surface area contributed by atoms with Gasteiger partial charge in [0.25, 0.3) is 0 Å². The molecule has 3 rings (SSSR count). The molecule has 0 saturated carbocycles. The Morgan fingerprint density at radius 3 is 2.62 bits per heavy atom. The van der Waals surface area contributed by atoms with Crippen LogP contribution in [0.3, 0.4) is 0 Å². The van der Waals surface area contributed by atoms with Crippen molar-refractivity contribution in [1.29, 1.82) is 0 Å². The molecule has 0 aliphatic carbocycles. The quantitative estimate of drug-likeness (QED) is 0.444. The SMILES string of the molecule is CNS(=O)(=O)Cc1ccc2[nH]cc(CCN(C)P(=O)(O)Oc3ccccc3)c2c1. The lowest BCUT2D eigenvalue weighted by Crippen LogP contribution is -2.21. The van der Waals surface area contributed by atoms with E-state index in [9.17, 15) is 17.9 Å². The average molecular weight is 437 g/mol. The Labute approximate surface area is 170 Å². The molecule has 10 heteroatoms. The molecule has 2 aromatic carbocycles. The van der Waals surface area contributed by atoms with Gasteiger partial charge in [-0.3, -0.25) is 0 Å². The summed E-state index contributed by atoms with van der Waals surface area (Å²) in [6.45, 7) is 0.284. The van der Waals surface area contributed by atoms with E-state index in [4.69, 9.17) is 4.52 Å². The highest BCUT2D eigenvalue weighted by atomic mass is 32.2. The van der Waals surface area contributed by atoms with E-state index in [2.05, 4.69) is 9.71 Å². The van der Waals surface area contributed by atoms with E-state index in [0.29, 0.717) is 17.7 Å². The first-order valence-electron chi connectivity index (χ1n) is 8.99. The minimum atomic E-state index is -3.99. The smallest absolute Gasteiger partial charge is 0.413 e. The summed E-state index contributed by atoms with van der Waals surface area (Å²) in [5.74, 6) is 0.216. The van der Waals surface area contributed by atoms with E-state index >= 15 is 0 Å². The average Bonchev–Trinajstić information content (AvgIpc) is 3.08. The first-order chi connectivity index (χ1) is 13.7. The predicted molar refractivity (Wildman–Crippen MR) is 113 cm³/mol. The van der Waals surface area contributed by atoms with Gasteiger partial charge < -0.3 is 14.4 Å². The van der Waals surface area contributed by atoms with Gasteiger partial charge in [-0.15, -0.1) is 0 Å². The number of hydrogen-bond donors (Lipinski definition) is 3. The van der Waals surface area contributed by atoms with Crippen LogP contribution in [0.15, 0.2) is 54.7 Å². The number of fused-ring (bicyclic) bond motifs is 1. The molecule has 0 fully saturated rings. The summed E-state index contributed by atoms with van der Waals surface area (Å²) in [5.41, 5.74) is 2.47. The van der Waals surface area contributed by atoms with E-state index < -0.39 is 17.8 Å². The summed E-state index contributed by atoms with van der Waals surface area (Å²) < 4.78 is 45.0. The Balaban J connectivity index is 1.72. The van der Waals surface area contributed by atoms with E-state index in [-0.39, 0.29) is 12.3 Å². The van der Waals surface area contributed by atoms with Gasteiger partial charge in [0.05, 0.1) is 5.75 Å². The van der Waals surface area contributed by atoms with E-state index in [1.165, 1.54) is 18.8 Å². The second-order valence-electron chi connectivity index (χ2n) is 6.68. The molecule has 29 heavy (non-hydrogen) atoms. The monoisotopic (exact) mass is 437 g/mol. The maximum atomic E-state index is 12.5. The van der Waals surface area contributed by atoms with E-state index in [0.717, 1.165) is 16.5 Å². The van der Waals surface area contributed by atoms with Crippen molar-refractivity contribution >= 4 is 28.7 Å². The van der Waals surface area contributed by atoms with Gasteiger partial charge in [0.1, 0.15) is 5.75 Å². The Hall–Kier alpha value is -2.16. The summed E-state index contributed by atoms with van der Waals surface area (Å²) in [4.78, 5) is 13.4. The highest BCUT2D eigenvalue weighted by Crippen LogP contribution is 2.45. The zero-order chi connectivity index (χ0) is 21.1. The lowest BCUT2D eigenvalue weighted by Gasteiger charge is -2.22. The van der Waals surface area contributed by atoms with Crippen LogP contribution >= 0.6 is 7.75 Å². The van der Waals surface area contributed by atoms with Crippen molar-refractivity contribution in [2.24, 2.45) is 0 Å². The second kappa shape index (κ2) is 8.69. The molecule has 156 valence electrons. The normalized spacial score (nSPS) is 14.2. The summed E-state index contributed by atoms with van der Waals surface area (Å²) in [5, 5.41) is 0.888. The molecule has 0 bridgehead atoms. The van der Waals surface area contributed by atoms with Gasteiger partial charge in [0.15, 0.2) is 0 Å². The van der Waals surface area contributed by atoms with Crippen molar-refractivity contribution in [3.05, 3.63) is 65.9 Å². The fourth-order valence-corrected chi connectivity index (χ4v) is 4.56. The standard InChI is InChI=1S/C19H24N3O5PS/c1-20-29(25,26)14-15-8-9-19-18(12-15)16(13-21-19)10-11-22(2)28(23,24)27-17-6-4-3-5-7-17/h3-9,12-13,20-21H,10-11,14H2,1-2H3,(H,23,24). The highest BCUT2D eigenvalue weighted by Gasteiger charge is 2.27. The fourth-order valence-electron chi connectivity index (χ4n) is 2.91. The molecule has 0 saturated heterocycles. The van der Waals surface area contributed by atoms with Crippen LogP contribution < -0.4 is 9.25 Å². The topological polar surface area (TPSA) is 112 Å². The number of H-pyrrole nitrogens is 1. The molecule has 3 aromatic rings. The largest absolute Gasteiger partial charge is 0.458 e. The van der Waals surface area contributed by atoms with Gasteiger partial charge in [-0.25, -0.2) is 22.4 Å². The summed E-state index contributed by atoms with van der Waals surface area (Å²) in [6.07, 6.45) is 2.32. The van der Waals surface area contributed by atoms with Gasteiger partial charge in [-0.1, -0.05) is 24.3 Å². The van der Waals surface area contributed by atoms with Crippen LogP contribution in [0.5, 0.6) is 5.75 Å². The molecule has 1 heterocycles. The molecular weight excluding hydrogens is 413 g/mol. The van der Waals surface area contributed by atoms with Crippen molar-refractivity contribution < 1.29 is 22.4 Å². The summed E-state index contributed by atoms with van der Waals surface area (Å²) >= 11 is 0. The van der Waals surface area contributed by atoms with Crippen LogP contribution in [0.25, 0.3) is 10.9 Å². The maximum absolute atomic E-state index is 12.5. The number of benzene rings is 2. The van der Waals surface area contributed by atoms with Crippen LogP contribution in [0, 0.1) is 0 Å². The van der Waals surface area contributed by atoms with Crippen LogP contribution in [-0.4, -0.2) is 43.6 Å². The minimum Gasteiger partial charge on any atom is -0.413 e. The first-order valence-corrected chi connectivity index (χ1v) is 12.2. The fraction of sp³-hybridized carbons (Fsp3) is 0.263. The lowest BCUT2D eigenvalue weighted by atomic mass is 10.1. The Bertz CT molecular complexity index is 1130. The Morgan fingerprint density at radius 2 is 1.93 bits per heavy atom. The number of rotatable bonds is 9. The molecule has 8 nitrogen and oxygen atoms in total. The number of hydrogen-bond acceptors (Lipinski definition) is 4. The van der Waals surface area contributed by atoms with Crippen molar-refractivity contribution in [2.45, 2.75) is 12.2 Å². The second-order valence-corrected chi connectivity index (χ2v) is 10.5. The number of aromatic nitrogens is 1. The number of para-hydroxylation sites is 1. The molecule has 3 N–H and O–H groups in total. The highest BCUT2D eigenvalue weighted by molar-refractivity contribution is 7.88. The van der Waals surface area contributed by atoms with Crippen molar-refractivity contribution in [3.63, 3.8) is 0 Å². The number of aromatic amines is 1. The van der Waals surface area contributed by atoms with Gasteiger partial charge in [-0.2, -0.15) is 0 Å². The molecule has 0 spiro atoms. The molecule has 0 amide bonds. The van der Waals surface area contributed by atoms with Crippen LogP contribution in [0.4, 0.5) is 0 Å². The number of nitrogens with one attached hydrogen (secondary N) is 2. The lowest BCUT2D eigenvalue weighted by molar-refractivity contribution is 0.300. The molecule has 0 aliphatic heterocycles. The van der Waals surface area contributed by atoms with Crippen LogP contribution in [0.1, 0.15) is 11.1 Å². The first kappa shape index (κ1) is 21.5. The van der Waals surface area contributed by atoms with Gasteiger partial charge in [0.2, 0.25) is 10.0 Å².